The van der Waals surface area contributed by atoms with Crippen LogP contribution in [0.2, 0.25) is 0 Å². The van der Waals surface area contributed by atoms with E-state index in [9.17, 15) is 18.0 Å². The van der Waals surface area contributed by atoms with Gasteiger partial charge in [0.25, 0.3) is 5.91 Å². The van der Waals surface area contributed by atoms with Gasteiger partial charge in [0.05, 0.1) is 17.3 Å². The SMILES string of the molecule is Cc1nc(-c2ccc(C(F)(F)F)cc2)sc1C(=O)N1CCC(n2cncn2)CC1. The van der Waals surface area contributed by atoms with Gasteiger partial charge in [-0.25, -0.2) is 14.6 Å². The molecule has 0 N–H and O–H groups in total. The molecule has 3 heterocycles. The fourth-order valence-corrected chi connectivity index (χ4v) is 4.44. The summed E-state index contributed by atoms with van der Waals surface area (Å²) < 4.78 is 40.1. The Hall–Kier alpha value is -2.75. The number of likely N-dealkylation sites (tertiary alicyclic amines) is 1. The quantitative estimate of drug-likeness (QED) is 0.636. The topological polar surface area (TPSA) is 63.9 Å². The Kier molecular flexibility index (Phi) is 5.12. The van der Waals surface area contributed by atoms with Gasteiger partial charge in [-0.1, -0.05) is 12.1 Å². The van der Waals surface area contributed by atoms with Crippen LogP contribution in [0.1, 0.15) is 39.8 Å². The average Bonchev–Trinajstić information content (AvgIpc) is 3.37. The Balaban J connectivity index is 1.47. The van der Waals surface area contributed by atoms with Crippen molar-refractivity contribution in [3.05, 3.63) is 53.1 Å². The van der Waals surface area contributed by atoms with E-state index < -0.39 is 11.7 Å². The molecule has 0 atom stereocenters. The second-order valence-corrected chi connectivity index (χ2v) is 7.91. The van der Waals surface area contributed by atoms with E-state index in [0.717, 1.165) is 25.0 Å². The Morgan fingerprint density at radius 1 is 1.17 bits per heavy atom. The third kappa shape index (κ3) is 4.02. The number of benzene rings is 1. The number of hydrogen-bond acceptors (Lipinski definition) is 5. The minimum absolute atomic E-state index is 0.0878. The summed E-state index contributed by atoms with van der Waals surface area (Å²) in [6.45, 7) is 2.96. The lowest BCUT2D eigenvalue weighted by atomic mass is 10.1. The zero-order chi connectivity index (χ0) is 20.6. The maximum absolute atomic E-state index is 13.0. The number of carbonyl (C=O) groups is 1. The van der Waals surface area contributed by atoms with E-state index >= 15 is 0 Å². The van der Waals surface area contributed by atoms with Crippen molar-refractivity contribution >= 4 is 17.2 Å². The number of carbonyl (C=O) groups excluding carboxylic acids is 1. The average molecular weight is 421 g/mol. The Bertz CT molecular complexity index is 990. The highest BCUT2D eigenvalue weighted by Crippen LogP contribution is 2.34. The first-order valence-corrected chi connectivity index (χ1v) is 9.93. The summed E-state index contributed by atoms with van der Waals surface area (Å²) in [5, 5.41) is 4.70. The van der Waals surface area contributed by atoms with Crippen molar-refractivity contribution in [2.45, 2.75) is 32.0 Å². The van der Waals surface area contributed by atoms with Crippen molar-refractivity contribution in [2.75, 3.05) is 13.1 Å². The molecule has 1 fully saturated rings. The van der Waals surface area contributed by atoms with Crippen molar-refractivity contribution < 1.29 is 18.0 Å². The maximum Gasteiger partial charge on any atom is 0.416 e. The molecule has 29 heavy (non-hydrogen) atoms. The first-order chi connectivity index (χ1) is 13.8. The molecule has 1 aromatic carbocycles. The van der Waals surface area contributed by atoms with Crippen molar-refractivity contribution in [3.63, 3.8) is 0 Å². The lowest BCUT2D eigenvalue weighted by Crippen LogP contribution is -2.39. The summed E-state index contributed by atoms with van der Waals surface area (Å²) in [4.78, 5) is 23.7. The smallest absolute Gasteiger partial charge is 0.338 e. The van der Waals surface area contributed by atoms with E-state index in [-0.39, 0.29) is 11.9 Å². The molecule has 0 unspecified atom stereocenters. The van der Waals surface area contributed by atoms with Crippen molar-refractivity contribution in [2.24, 2.45) is 0 Å². The molecule has 3 aromatic rings. The molecule has 6 nitrogen and oxygen atoms in total. The molecule has 0 spiro atoms. The van der Waals surface area contributed by atoms with Gasteiger partial charge >= 0.3 is 6.18 Å². The lowest BCUT2D eigenvalue weighted by molar-refractivity contribution is -0.137. The number of amides is 1. The van der Waals surface area contributed by atoms with E-state index in [4.69, 9.17) is 0 Å². The van der Waals surface area contributed by atoms with E-state index in [0.29, 0.717) is 34.2 Å². The molecule has 2 aromatic heterocycles. The molecule has 1 aliphatic heterocycles. The van der Waals surface area contributed by atoms with E-state index in [2.05, 4.69) is 15.1 Å². The number of nitrogens with zero attached hydrogens (tertiary/aromatic N) is 5. The monoisotopic (exact) mass is 421 g/mol. The molecule has 1 amide bonds. The standard InChI is InChI=1S/C19H18F3N5OS/c1-12-16(18(28)26-8-6-15(7-9-26)27-11-23-10-24-27)29-17(25-12)13-2-4-14(5-3-13)19(20,21)22/h2-5,10-11,15H,6-9H2,1H3. The Morgan fingerprint density at radius 2 is 1.86 bits per heavy atom. The molecule has 4 rings (SSSR count). The van der Waals surface area contributed by atoms with Crippen LogP contribution in [0.5, 0.6) is 0 Å². The van der Waals surface area contributed by atoms with Gasteiger partial charge in [0.2, 0.25) is 0 Å². The molecule has 0 bridgehead atoms. The number of aromatic nitrogens is 4. The van der Waals surface area contributed by atoms with Crippen LogP contribution in [-0.2, 0) is 6.18 Å². The van der Waals surface area contributed by atoms with Crippen molar-refractivity contribution in [1.82, 2.24) is 24.6 Å². The largest absolute Gasteiger partial charge is 0.416 e. The van der Waals surface area contributed by atoms with Gasteiger partial charge in [0.15, 0.2) is 0 Å². The fraction of sp³-hybridized carbons (Fsp3) is 0.368. The molecule has 1 saturated heterocycles. The summed E-state index contributed by atoms with van der Waals surface area (Å²) in [6, 6.07) is 5.06. The first-order valence-electron chi connectivity index (χ1n) is 9.11. The number of alkyl halides is 3. The van der Waals surface area contributed by atoms with Gasteiger partial charge in [0.1, 0.15) is 22.5 Å². The predicted octanol–water partition coefficient (Wildman–Crippen LogP) is 4.21. The van der Waals surface area contributed by atoms with Crippen LogP contribution in [-0.4, -0.2) is 43.6 Å². The molecule has 10 heteroatoms. The van der Waals surface area contributed by atoms with Crippen LogP contribution in [0.3, 0.4) is 0 Å². The zero-order valence-corrected chi connectivity index (χ0v) is 16.4. The van der Waals surface area contributed by atoms with E-state index in [1.807, 2.05) is 4.68 Å². The second-order valence-electron chi connectivity index (χ2n) is 6.91. The number of halogens is 3. The molecule has 152 valence electrons. The normalized spacial score (nSPS) is 15.7. The number of hydrogen-bond donors (Lipinski definition) is 0. The highest BCUT2D eigenvalue weighted by atomic mass is 32.1. The summed E-state index contributed by atoms with van der Waals surface area (Å²) in [6.07, 6.45) is 0.390. The third-order valence-electron chi connectivity index (χ3n) is 5.01. The van der Waals surface area contributed by atoms with Gasteiger partial charge < -0.3 is 4.90 Å². The number of aryl methyl sites for hydroxylation is 1. The van der Waals surface area contributed by atoms with Crippen LogP contribution >= 0.6 is 11.3 Å². The molecule has 0 aliphatic carbocycles. The maximum atomic E-state index is 13.0. The minimum atomic E-state index is -4.38. The van der Waals surface area contributed by atoms with Crippen molar-refractivity contribution in [1.29, 1.82) is 0 Å². The van der Waals surface area contributed by atoms with Crippen molar-refractivity contribution in [3.8, 4) is 10.6 Å². The predicted molar refractivity (Wildman–Crippen MR) is 101 cm³/mol. The molecule has 0 saturated carbocycles. The van der Waals surface area contributed by atoms with Gasteiger partial charge in [-0.15, -0.1) is 11.3 Å². The van der Waals surface area contributed by atoms with Gasteiger partial charge in [0, 0.05) is 18.7 Å². The molecular formula is C19H18F3N5OS. The molecule has 1 aliphatic rings. The summed E-state index contributed by atoms with van der Waals surface area (Å²) >= 11 is 1.22. The van der Waals surface area contributed by atoms with Crippen LogP contribution in [0.4, 0.5) is 13.2 Å². The summed E-state index contributed by atoms with van der Waals surface area (Å²) in [7, 11) is 0. The Morgan fingerprint density at radius 3 is 2.45 bits per heavy atom. The zero-order valence-electron chi connectivity index (χ0n) is 15.6. The highest BCUT2D eigenvalue weighted by molar-refractivity contribution is 7.17. The molecule has 0 radical (unpaired) electrons. The Labute approximate surface area is 169 Å². The van der Waals surface area contributed by atoms with Crippen LogP contribution < -0.4 is 0 Å². The van der Waals surface area contributed by atoms with Crippen LogP contribution in [0.25, 0.3) is 10.6 Å². The van der Waals surface area contributed by atoms with E-state index in [1.165, 1.54) is 29.8 Å². The van der Waals surface area contributed by atoms with Gasteiger partial charge in [-0.2, -0.15) is 18.3 Å². The number of thiazole rings is 1. The van der Waals surface area contributed by atoms with E-state index in [1.54, 1.807) is 18.2 Å². The van der Waals surface area contributed by atoms with Gasteiger partial charge in [-0.05, 0) is 31.9 Å². The van der Waals surface area contributed by atoms with Crippen LogP contribution in [0, 0.1) is 6.92 Å². The minimum Gasteiger partial charge on any atom is -0.338 e. The second kappa shape index (κ2) is 7.58. The van der Waals surface area contributed by atoms with Gasteiger partial charge in [-0.3, -0.25) is 4.79 Å². The molecular weight excluding hydrogens is 403 g/mol. The highest BCUT2D eigenvalue weighted by Gasteiger charge is 2.30. The van der Waals surface area contributed by atoms with Crippen LogP contribution in [0.15, 0.2) is 36.9 Å². The number of rotatable bonds is 3. The first kappa shape index (κ1) is 19.6. The summed E-state index contributed by atoms with van der Waals surface area (Å²) in [5.41, 5.74) is 0.449. The fourth-order valence-electron chi connectivity index (χ4n) is 3.40. The summed E-state index contributed by atoms with van der Waals surface area (Å²) in [5.74, 6) is -0.0878. The third-order valence-corrected chi connectivity index (χ3v) is 6.21. The number of piperidine rings is 1. The lowest BCUT2D eigenvalue weighted by Gasteiger charge is -2.31.